The zero-order valence-corrected chi connectivity index (χ0v) is 19.1. The van der Waals surface area contributed by atoms with Gasteiger partial charge in [-0.05, 0) is 16.7 Å². The summed E-state index contributed by atoms with van der Waals surface area (Å²) in [5.41, 5.74) is 2.77. The molecule has 0 radical (unpaired) electrons. The molecule has 9 nitrogen and oxygen atoms in total. The van der Waals surface area contributed by atoms with Crippen LogP contribution in [0.1, 0.15) is 30.4 Å². The molecule has 3 aromatic carbocycles. The van der Waals surface area contributed by atoms with Crippen molar-refractivity contribution in [3.63, 3.8) is 0 Å². The lowest BCUT2D eigenvalue weighted by Gasteiger charge is -2.34. The molecule has 0 N–H and O–H groups in total. The van der Waals surface area contributed by atoms with Gasteiger partial charge < -0.3 is 0 Å². The fraction of sp³-hybridized carbons (Fsp3) is 0.143. The fourth-order valence-corrected chi connectivity index (χ4v) is 9.13. The molecule has 1 aliphatic heterocycles. The van der Waals surface area contributed by atoms with Crippen LogP contribution in [0.4, 0.5) is 17.1 Å². The maximum absolute atomic E-state index is 11.0. The molecule has 0 spiro atoms. The molecular weight excluding hydrogens is 486 g/mol. The smallest absolute Gasteiger partial charge is 0.258 e. The van der Waals surface area contributed by atoms with Crippen molar-refractivity contribution in [3.05, 3.63) is 120 Å². The number of nitrogens with zero attached hydrogens (tertiary/aromatic N) is 3. The molecule has 0 aromatic heterocycles. The lowest BCUT2D eigenvalue weighted by Crippen LogP contribution is -2.06. The van der Waals surface area contributed by atoms with Gasteiger partial charge in [-0.25, -0.2) is 0 Å². The first kappa shape index (κ1) is 23.1. The van der Waals surface area contributed by atoms with Crippen LogP contribution in [0.3, 0.4) is 0 Å². The predicted molar refractivity (Wildman–Crippen MR) is 130 cm³/mol. The van der Waals surface area contributed by atoms with Gasteiger partial charge in [0.15, 0.2) is 0 Å². The summed E-state index contributed by atoms with van der Waals surface area (Å²) < 4.78 is -0.188. The van der Waals surface area contributed by atoms with Gasteiger partial charge in [0.1, 0.15) is 0 Å². The summed E-state index contributed by atoms with van der Waals surface area (Å²) in [6, 6.07) is 19.2. The highest BCUT2D eigenvalue weighted by atomic mass is 32.3. The first-order valence-corrected chi connectivity index (χ1v) is 12.3. The molecule has 1 heterocycles. The molecule has 4 rings (SSSR count). The molecule has 0 amide bonds. The topological polar surface area (TPSA) is 129 Å². The second kappa shape index (κ2) is 9.81. The Hall–Kier alpha value is -3.09. The second-order valence-electron chi connectivity index (χ2n) is 6.95. The van der Waals surface area contributed by atoms with Crippen LogP contribution in [-0.2, 0) is 0 Å². The summed E-state index contributed by atoms with van der Waals surface area (Å²) in [5.74, 6) is 0. The van der Waals surface area contributed by atoms with Gasteiger partial charge in [0, 0.05) is 36.4 Å². The van der Waals surface area contributed by atoms with E-state index in [0.717, 1.165) is 16.7 Å². The standard InChI is InChI=1S/C21H15N3O6S3/c25-22(26)16-7-1-13(2-8-16)19-31-20(14-3-9-17(10-4-14)23(27)28)33-21(32-19)15-5-11-18(12-6-15)24(29)30/h1-12,19-21H. The normalized spacial score (nSPS) is 20.2. The minimum Gasteiger partial charge on any atom is -0.258 e. The molecule has 0 saturated carbocycles. The fourth-order valence-electron chi connectivity index (χ4n) is 3.16. The molecular formula is C21H15N3O6S3. The highest BCUT2D eigenvalue weighted by Crippen LogP contribution is 2.66. The summed E-state index contributed by atoms with van der Waals surface area (Å²) in [5, 5.41) is 33.0. The third kappa shape index (κ3) is 5.29. The Labute approximate surface area is 200 Å². The van der Waals surface area contributed by atoms with E-state index in [0.29, 0.717) is 0 Å². The Balaban J connectivity index is 1.65. The number of nitro groups is 3. The first-order valence-electron chi connectivity index (χ1n) is 9.51. The molecule has 0 unspecified atom stereocenters. The Morgan fingerprint density at radius 1 is 0.455 bits per heavy atom. The van der Waals surface area contributed by atoms with E-state index in [4.69, 9.17) is 0 Å². The van der Waals surface area contributed by atoms with Crippen LogP contribution in [0, 0.1) is 30.3 Å². The summed E-state index contributed by atoms with van der Waals surface area (Å²) in [4.78, 5) is 31.7. The Bertz CT molecular complexity index is 1030. The van der Waals surface area contributed by atoms with Gasteiger partial charge in [-0.15, -0.1) is 35.3 Å². The number of benzene rings is 3. The van der Waals surface area contributed by atoms with E-state index in [1.807, 2.05) is 0 Å². The van der Waals surface area contributed by atoms with E-state index in [2.05, 4.69) is 0 Å². The van der Waals surface area contributed by atoms with E-state index in [1.54, 1.807) is 71.7 Å². The Morgan fingerprint density at radius 2 is 0.667 bits per heavy atom. The van der Waals surface area contributed by atoms with Crippen LogP contribution in [0.5, 0.6) is 0 Å². The van der Waals surface area contributed by atoms with E-state index in [-0.39, 0.29) is 30.8 Å². The molecule has 0 atom stereocenters. The number of nitro benzene ring substituents is 3. The largest absolute Gasteiger partial charge is 0.269 e. The van der Waals surface area contributed by atoms with Crippen molar-refractivity contribution in [2.24, 2.45) is 0 Å². The predicted octanol–water partition coefficient (Wildman–Crippen LogP) is 7.02. The van der Waals surface area contributed by atoms with Crippen molar-refractivity contribution in [1.29, 1.82) is 0 Å². The molecule has 1 fully saturated rings. The lowest BCUT2D eigenvalue weighted by molar-refractivity contribution is -0.385. The lowest BCUT2D eigenvalue weighted by atomic mass is 10.2. The Kier molecular flexibility index (Phi) is 6.86. The van der Waals surface area contributed by atoms with Crippen LogP contribution >= 0.6 is 35.3 Å². The van der Waals surface area contributed by atoms with Crippen LogP contribution in [-0.4, -0.2) is 14.8 Å². The van der Waals surface area contributed by atoms with Crippen molar-refractivity contribution >= 4 is 52.3 Å². The number of thioether (sulfide) groups is 3. The molecule has 33 heavy (non-hydrogen) atoms. The summed E-state index contributed by atoms with van der Waals surface area (Å²) >= 11 is 4.95. The maximum Gasteiger partial charge on any atom is 0.269 e. The van der Waals surface area contributed by atoms with E-state index >= 15 is 0 Å². The molecule has 1 aliphatic rings. The van der Waals surface area contributed by atoms with Crippen molar-refractivity contribution in [2.45, 2.75) is 13.7 Å². The van der Waals surface area contributed by atoms with Gasteiger partial charge in [-0.2, -0.15) is 0 Å². The van der Waals surface area contributed by atoms with Crippen LogP contribution < -0.4 is 0 Å². The van der Waals surface area contributed by atoms with Crippen molar-refractivity contribution in [2.75, 3.05) is 0 Å². The Morgan fingerprint density at radius 3 is 0.848 bits per heavy atom. The average Bonchev–Trinajstić information content (AvgIpc) is 2.84. The van der Waals surface area contributed by atoms with Crippen LogP contribution in [0.15, 0.2) is 72.8 Å². The number of hydrogen-bond donors (Lipinski definition) is 0. The molecule has 1 saturated heterocycles. The average molecular weight is 502 g/mol. The van der Waals surface area contributed by atoms with Crippen molar-refractivity contribution in [1.82, 2.24) is 0 Å². The minimum absolute atomic E-state index is 0.0118. The van der Waals surface area contributed by atoms with E-state index in [1.165, 1.54) is 36.4 Å². The third-order valence-corrected chi connectivity index (χ3v) is 9.99. The second-order valence-corrected chi connectivity index (χ2v) is 11.5. The van der Waals surface area contributed by atoms with Gasteiger partial charge in [0.05, 0.1) is 28.5 Å². The SMILES string of the molecule is O=[N+]([O-])c1ccc(C2SC(c3ccc([N+](=O)[O-])cc3)SC(c3ccc([N+](=O)[O-])cc3)S2)cc1. The summed E-state index contributed by atoms with van der Waals surface area (Å²) in [6.07, 6.45) is 0. The monoisotopic (exact) mass is 501 g/mol. The number of rotatable bonds is 6. The molecule has 12 heteroatoms. The van der Waals surface area contributed by atoms with Crippen molar-refractivity contribution < 1.29 is 14.8 Å². The highest BCUT2D eigenvalue weighted by molar-refractivity contribution is 8.32. The van der Waals surface area contributed by atoms with Gasteiger partial charge in [0.2, 0.25) is 0 Å². The van der Waals surface area contributed by atoms with Crippen LogP contribution in [0.2, 0.25) is 0 Å². The summed E-state index contributed by atoms with van der Waals surface area (Å²) in [7, 11) is 0. The molecule has 168 valence electrons. The van der Waals surface area contributed by atoms with Gasteiger partial charge in [0.25, 0.3) is 17.1 Å². The maximum atomic E-state index is 11.0. The quantitative estimate of drug-likeness (QED) is 0.258. The summed E-state index contributed by atoms with van der Waals surface area (Å²) in [6.45, 7) is 0. The zero-order valence-electron chi connectivity index (χ0n) is 16.7. The first-order chi connectivity index (χ1) is 15.8. The van der Waals surface area contributed by atoms with Crippen molar-refractivity contribution in [3.8, 4) is 0 Å². The number of non-ortho nitro benzene ring substituents is 3. The van der Waals surface area contributed by atoms with Crippen LogP contribution in [0.25, 0.3) is 0 Å². The third-order valence-electron chi connectivity index (χ3n) is 4.87. The van der Waals surface area contributed by atoms with Gasteiger partial charge >= 0.3 is 0 Å². The highest BCUT2D eigenvalue weighted by Gasteiger charge is 2.34. The van der Waals surface area contributed by atoms with E-state index < -0.39 is 14.8 Å². The van der Waals surface area contributed by atoms with Gasteiger partial charge in [-0.3, -0.25) is 30.3 Å². The zero-order chi connectivity index (χ0) is 23.5. The minimum atomic E-state index is -0.444. The molecule has 0 bridgehead atoms. The number of hydrogen-bond acceptors (Lipinski definition) is 9. The molecule has 0 aliphatic carbocycles. The van der Waals surface area contributed by atoms with E-state index in [9.17, 15) is 30.3 Å². The molecule has 3 aromatic rings. The van der Waals surface area contributed by atoms with Gasteiger partial charge in [-0.1, -0.05) is 36.4 Å².